The van der Waals surface area contributed by atoms with E-state index in [1.165, 1.54) is 48.7 Å². The topological polar surface area (TPSA) is 42.9 Å². The minimum atomic E-state index is 0. The van der Waals surface area contributed by atoms with Crippen LogP contribution in [0.5, 0.6) is 0 Å². The first-order valence-corrected chi connectivity index (χ1v) is 11.7. The molecular formula is C23H36IN5S. The third kappa shape index (κ3) is 8.53. The van der Waals surface area contributed by atoms with Crippen molar-refractivity contribution >= 4 is 41.3 Å². The van der Waals surface area contributed by atoms with E-state index in [2.05, 4.69) is 76.1 Å². The Kier molecular flexibility index (Phi) is 11.7. The average Bonchev–Trinajstić information content (AvgIpc) is 3.27. The summed E-state index contributed by atoms with van der Waals surface area (Å²) in [5.41, 5.74) is 2.64. The number of thiophene rings is 1. The molecule has 1 aromatic carbocycles. The zero-order valence-corrected chi connectivity index (χ0v) is 21.4. The van der Waals surface area contributed by atoms with Crippen molar-refractivity contribution in [3.63, 3.8) is 0 Å². The van der Waals surface area contributed by atoms with E-state index in [9.17, 15) is 0 Å². The fourth-order valence-corrected chi connectivity index (χ4v) is 4.25. The molecule has 0 unspecified atom stereocenters. The first-order valence-electron chi connectivity index (χ1n) is 10.8. The summed E-state index contributed by atoms with van der Waals surface area (Å²) in [6.45, 7) is 13.8. The molecule has 1 saturated heterocycles. The second-order valence-electron chi connectivity index (χ2n) is 7.48. The lowest BCUT2D eigenvalue weighted by Gasteiger charge is -2.34. The van der Waals surface area contributed by atoms with E-state index < -0.39 is 0 Å². The summed E-state index contributed by atoms with van der Waals surface area (Å²) in [6.07, 6.45) is 1.03. The van der Waals surface area contributed by atoms with Gasteiger partial charge in [-0.1, -0.05) is 37.3 Å². The van der Waals surface area contributed by atoms with Crippen molar-refractivity contribution < 1.29 is 0 Å². The molecule has 0 amide bonds. The van der Waals surface area contributed by atoms with Gasteiger partial charge in [0.05, 0.1) is 6.54 Å². The number of halogens is 1. The quantitative estimate of drug-likeness (QED) is 0.288. The molecular weight excluding hydrogens is 505 g/mol. The van der Waals surface area contributed by atoms with Gasteiger partial charge in [-0.15, -0.1) is 35.3 Å². The highest BCUT2D eigenvalue weighted by molar-refractivity contribution is 14.0. The van der Waals surface area contributed by atoms with Crippen molar-refractivity contribution in [2.45, 2.75) is 33.4 Å². The van der Waals surface area contributed by atoms with E-state index in [0.717, 1.165) is 32.0 Å². The molecule has 2 N–H and O–H groups in total. The van der Waals surface area contributed by atoms with E-state index in [0.29, 0.717) is 6.54 Å². The lowest BCUT2D eigenvalue weighted by atomic mass is 10.1. The largest absolute Gasteiger partial charge is 0.357 e. The second-order valence-corrected chi connectivity index (χ2v) is 8.51. The van der Waals surface area contributed by atoms with Gasteiger partial charge >= 0.3 is 0 Å². The maximum atomic E-state index is 4.75. The van der Waals surface area contributed by atoms with Crippen LogP contribution in [0.3, 0.4) is 0 Å². The van der Waals surface area contributed by atoms with Crippen molar-refractivity contribution in [2.75, 3.05) is 45.8 Å². The molecule has 0 spiro atoms. The van der Waals surface area contributed by atoms with Gasteiger partial charge in [-0.2, -0.15) is 0 Å². The third-order valence-corrected chi connectivity index (χ3v) is 6.29. The number of aliphatic imine (C=N–C) groups is 1. The van der Waals surface area contributed by atoms with Crippen molar-refractivity contribution in [2.24, 2.45) is 4.99 Å². The number of rotatable bonds is 9. The molecule has 5 nitrogen and oxygen atoms in total. The molecule has 7 heteroatoms. The second kappa shape index (κ2) is 14.0. The molecule has 1 aromatic heterocycles. The van der Waals surface area contributed by atoms with Crippen molar-refractivity contribution in [1.29, 1.82) is 0 Å². The number of nitrogens with one attached hydrogen (secondary N) is 2. The number of piperazine rings is 1. The zero-order chi connectivity index (χ0) is 20.3. The Balaban J connectivity index is 0.00000320. The Bertz CT molecular complexity index is 725. The van der Waals surface area contributed by atoms with Crippen LogP contribution < -0.4 is 10.6 Å². The fraction of sp³-hybridized carbons (Fsp3) is 0.522. The molecule has 0 radical (unpaired) electrons. The van der Waals surface area contributed by atoms with Crippen LogP contribution in [0.4, 0.5) is 0 Å². The Morgan fingerprint density at radius 1 is 0.967 bits per heavy atom. The van der Waals surface area contributed by atoms with E-state index in [1.807, 2.05) is 0 Å². The fourth-order valence-electron chi connectivity index (χ4n) is 3.54. The molecule has 1 aliphatic rings. The Morgan fingerprint density at radius 2 is 1.67 bits per heavy atom. The molecule has 0 bridgehead atoms. The Morgan fingerprint density at radius 3 is 2.30 bits per heavy atom. The predicted molar refractivity (Wildman–Crippen MR) is 140 cm³/mol. The smallest absolute Gasteiger partial charge is 0.191 e. The minimum absolute atomic E-state index is 0. The summed E-state index contributed by atoms with van der Waals surface area (Å²) >= 11 is 1.81. The van der Waals surface area contributed by atoms with Crippen LogP contribution in [0.2, 0.25) is 0 Å². The highest BCUT2D eigenvalue weighted by atomic mass is 127. The van der Waals surface area contributed by atoms with Gasteiger partial charge in [-0.3, -0.25) is 4.90 Å². The molecule has 166 valence electrons. The van der Waals surface area contributed by atoms with Gasteiger partial charge in [0, 0.05) is 50.7 Å². The Hall–Kier alpha value is -1.16. The van der Waals surface area contributed by atoms with Gasteiger partial charge in [-0.25, -0.2) is 4.99 Å². The van der Waals surface area contributed by atoms with Gasteiger partial charge in [0.2, 0.25) is 0 Å². The standard InChI is InChI=1S/C23H35N5S.HI/c1-3-24-23(25-12-11-22-6-5-17-29-22)26-18-20-7-9-21(10-8-20)19-28-15-13-27(4-2)14-16-28;/h5-10,17H,3-4,11-16,18-19H2,1-2H3,(H2,24,25,26);1H. The average molecular weight is 542 g/mol. The molecule has 0 saturated carbocycles. The summed E-state index contributed by atoms with van der Waals surface area (Å²) < 4.78 is 0. The monoisotopic (exact) mass is 541 g/mol. The summed E-state index contributed by atoms with van der Waals surface area (Å²) in [4.78, 5) is 11.2. The van der Waals surface area contributed by atoms with E-state index >= 15 is 0 Å². The SMILES string of the molecule is CCNC(=NCc1ccc(CN2CCN(CC)CC2)cc1)NCCc1cccs1.I. The number of hydrogen-bond acceptors (Lipinski definition) is 4. The molecule has 2 heterocycles. The van der Waals surface area contributed by atoms with Crippen LogP contribution in [0.15, 0.2) is 46.8 Å². The first kappa shape index (κ1) is 25.1. The zero-order valence-electron chi connectivity index (χ0n) is 18.3. The minimum Gasteiger partial charge on any atom is -0.357 e. The number of hydrogen-bond donors (Lipinski definition) is 2. The molecule has 1 aliphatic heterocycles. The first-order chi connectivity index (χ1) is 14.3. The molecule has 2 aromatic rings. The number of likely N-dealkylation sites (N-methyl/N-ethyl adjacent to an activating group) is 1. The third-order valence-electron chi connectivity index (χ3n) is 5.35. The number of guanidine groups is 1. The molecule has 0 atom stereocenters. The van der Waals surface area contributed by atoms with Crippen LogP contribution in [0.25, 0.3) is 0 Å². The molecule has 30 heavy (non-hydrogen) atoms. The molecule has 0 aliphatic carbocycles. The number of nitrogens with zero attached hydrogens (tertiary/aromatic N) is 3. The van der Waals surface area contributed by atoms with Gasteiger partial charge in [0.1, 0.15) is 0 Å². The van der Waals surface area contributed by atoms with Crippen LogP contribution in [-0.2, 0) is 19.5 Å². The van der Waals surface area contributed by atoms with Crippen LogP contribution in [0.1, 0.15) is 29.9 Å². The summed E-state index contributed by atoms with van der Waals surface area (Å²) in [5.74, 6) is 0.891. The van der Waals surface area contributed by atoms with E-state index in [1.54, 1.807) is 11.3 Å². The maximum Gasteiger partial charge on any atom is 0.191 e. The highest BCUT2D eigenvalue weighted by Crippen LogP contribution is 2.11. The van der Waals surface area contributed by atoms with Gasteiger partial charge in [0.25, 0.3) is 0 Å². The summed E-state index contributed by atoms with van der Waals surface area (Å²) in [5, 5.41) is 8.90. The van der Waals surface area contributed by atoms with Crippen molar-refractivity contribution in [3.05, 3.63) is 57.8 Å². The summed E-state index contributed by atoms with van der Waals surface area (Å²) in [6, 6.07) is 13.2. The van der Waals surface area contributed by atoms with E-state index in [-0.39, 0.29) is 24.0 Å². The maximum absolute atomic E-state index is 4.75. The summed E-state index contributed by atoms with van der Waals surface area (Å²) in [7, 11) is 0. The highest BCUT2D eigenvalue weighted by Gasteiger charge is 2.15. The van der Waals surface area contributed by atoms with Crippen molar-refractivity contribution in [1.82, 2.24) is 20.4 Å². The van der Waals surface area contributed by atoms with Crippen LogP contribution in [0, 0.1) is 0 Å². The molecule has 1 fully saturated rings. The lowest BCUT2D eigenvalue weighted by Crippen LogP contribution is -2.45. The van der Waals surface area contributed by atoms with E-state index in [4.69, 9.17) is 4.99 Å². The lowest BCUT2D eigenvalue weighted by molar-refractivity contribution is 0.132. The van der Waals surface area contributed by atoms with Crippen LogP contribution >= 0.6 is 35.3 Å². The normalized spacial score (nSPS) is 15.6. The van der Waals surface area contributed by atoms with Gasteiger partial charge in [0.15, 0.2) is 5.96 Å². The Labute approximate surface area is 203 Å². The van der Waals surface area contributed by atoms with Crippen LogP contribution in [-0.4, -0.2) is 61.6 Å². The van der Waals surface area contributed by atoms with Gasteiger partial charge < -0.3 is 15.5 Å². The predicted octanol–water partition coefficient (Wildman–Crippen LogP) is 3.80. The number of benzene rings is 1. The molecule has 3 rings (SSSR count). The van der Waals surface area contributed by atoms with Crippen molar-refractivity contribution in [3.8, 4) is 0 Å². The van der Waals surface area contributed by atoms with Gasteiger partial charge in [-0.05, 0) is 42.5 Å².